The molecule has 0 saturated carbocycles. The summed E-state index contributed by atoms with van der Waals surface area (Å²) in [5, 5.41) is 2.71. The summed E-state index contributed by atoms with van der Waals surface area (Å²) in [6.45, 7) is 0. The molecule has 0 fully saturated rings. The number of nitrogens with one attached hydrogen (secondary N) is 1. The minimum atomic E-state index is -2.76. The highest BCUT2D eigenvalue weighted by molar-refractivity contribution is 6.07. The van der Waals surface area contributed by atoms with E-state index in [9.17, 15) is 13.6 Å². The van der Waals surface area contributed by atoms with Crippen LogP contribution >= 0.6 is 0 Å². The first kappa shape index (κ1) is 15.4. The molecule has 0 bridgehead atoms. The summed E-state index contributed by atoms with van der Waals surface area (Å²) in [6, 6.07) is 4.17. The number of pyridine rings is 1. The summed E-state index contributed by atoms with van der Waals surface area (Å²) in [4.78, 5) is 16.7. The topological polar surface area (TPSA) is 51.2 Å². The smallest absolute Gasteiger partial charge is 0.264 e. The minimum Gasteiger partial charge on any atom is -0.496 e. The fourth-order valence-corrected chi connectivity index (χ4v) is 2.93. The van der Waals surface area contributed by atoms with E-state index in [-0.39, 0.29) is 16.9 Å². The number of aryl methyl sites for hydroxylation is 1. The Labute approximate surface area is 132 Å². The number of hydrogen-bond acceptors (Lipinski definition) is 3. The van der Waals surface area contributed by atoms with Crippen molar-refractivity contribution in [3.63, 3.8) is 0 Å². The lowest BCUT2D eigenvalue weighted by atomic mass is 10.0. The highest BCUT2D eigenvalue weighted by Gasteiger charge is 2.24. The number of fused-ring (bicyclic) bond motifs is 1. The van der Waals surface area contributed by atoms with Gasteiger partial charge in [-0.2, -0.15) is 0 Å². The zero-order valence-corrected chi connectivity index (χ0v) is 12.6. The summed E-state index contributed by atoms with van der Waals surface area (Å²) >= 11 is 0. The number of carbonyl (C=O) groups is 1. The molecule has 0 unspecified atom stereocenters. The van der Waals surface area contributed by atoms with Crippen molar-refractivity contribution in [1.82, 2.24) is 4.98 Å². The van der Waals surface area contributed by atoms with Crippen molar-refractivity contribution in [3.8, 4) is 5.75 Å². The lowest BCUT2D eigenvalue weighted by Crippen LogP contribution is -2.17. The highest BCUT2D eigenvalue weighted by atomic mass is 19.3. The molecule has 1 N–H and O–H groups in total. The third kappa shape index (κ3) is 2.88. The second-order valence-corrected chi connectivity index (χ2v) is 5.36. The summed E-state index contributed by atoms with van der Waals surface area (Å²) < 4.78 is 31.5. The summed E-state index contributed by atoms with van der Waals surface area (Å²) in [5.74, 6) is -0.485. The maximum absolute atomic E-state index is 13.2. The minimum absolute atomic E-state index is 0.126. The number of anilines is 1. The Morgan fingerprint density at radius 3 is 2.87 bits per heavy atom. The molecule has 4 nitrogen and oxygen atoms in total. The molecule has 1 heterocycles. The van der Waals surface area contributed by atoms with Crippen LogP contribution in [0.25, 0.3) is 0 Å². The first-order valence-corrected chi connectivity index (χ1v) is 7.34. The molecule has 2 aromatic rings. The molecule has 3 rings (SSSR count). The Morgan fingerprint density at radius 2 is 2.13 bits per heavy atom. The average molecular weight is 318 g/mol. The Kier molecular flexibility index (Phi) is 4.23. The number of carbonyl (C=O) groups excluding carboxylic acids is 1. The van der Waals surface area contributed by atoms with Crippen LogP contribution in [0, 0.1) is 0 Å². The molecule has 23 heavy (non-hydrogen) atoms. The number of nitrogens with zero attached hydrogens (tertiary/aromatic N) is 1. The SMILES string of the molecule is COc1cccc(C(F)F)c1C(=O)Nc1cncc2c1CCC2. The molecule has 0 aliphatic heterocycles. The Morgan fingerprint density at radius 1 is 1.30 bits per heavy atom. The van der Waals surface area contributed by atoms with Gasteiger partial charge in [-0.25, -0.2) is 8.78 Å². The molecule has 1 aromatic carbocycles. The van der Waals surface area contributed by atoms with E-state index in [1.807, 2.05) is 0 Å². The van der Waals surface area contributed by atoms with Gasteiger partial charge in [0.05, 0.1) is 24.6 Å². The molecule has 0 radical (unpaired) electrons. The largest absolute Gasteiger partial charge is 0.496 e. The second kappa shape index (κ2) is 6.32. The second-order valence-electron chi connectivity index (χ2n) is 5.36. The van der Waals surface area contributed by atoms with Crippen LogP contribution in [-0.2, 0) is 12.8 Å². The first-order chi connectivity index (χ1) is 11.1. The van der Waals surface area contributed by atoms with Crippen molar-refractivity contribution in [1.29, 1.82) is 0 Å². The lowest BCUT2D eigenvalue weighted by molar-refractivity contribution is 0.100. The van der Waals surface area contributed by atoms with Crippen LogP contribution in [0.1, 0.15) is 39.9 Å². The molecule has 1 aliphatic rings. The van der Waals surface area contributed by atoms with Gasteiger partial charge in [-0.15, -0.1) is 0 Å². The number of methoxy groups -OCH3 is 1. The first-order valence-electron chi connectivity index (χ1n) is 7.34. The van der Waals surface area contributed by atoms with E-state index in [0.717, 1.165) is 30.4 Å². The molecule has 0 atom stereocenters. The van der Waals surface area contributed by atoms with E-state index in [4.69, 9.17) is 4.74 Å². The summed E-state index contributed by atoms with van der Waals surface area (Å²) in [5.41, 5.74) is 2.22. The highest BCUT2D eigenvalue weighted by Crippen LogP contribution is 2.32. The van der Waals surface area contributed by atoms with Crippen LogP contribution < -0.4 is 10.1 Å². The van der Waals surface area contributed by atoms with Crippen LogP contribution in [0.15, 0.2) is 30.6 Å². The number of hydrogen-bond donors (Lipinski definition) is 1. The fourth-order valence-electron chi connectivity index (χ4n) is 2.93. The van der Waals surface area contributed by atoms with Gasteiger partial charge in [0.15, 0.2) is 0 Å². The number of ether oxygens (including phenoxy) is 1. The molecule has 1 amide bonds. The third-order valence-corrected chi connectivity index (χ3v) is 4.01. The Hall–Kier alpha value is -2.50. The quantitative estimate of drug-likeness (QED) is 0.933. The fraction of sp³-hybridized carbons (Fsp3) is 0.294. The predicted molar refractivity (Wildman–Crippen MR) is 82.2 cm³/mol. The molecule has 6 heteroatoms. The van der Waals surface area contributed by atoms with Gasteiger partial charge in [-0.05, 0) is 36.5 Å². The predicted octanol–water partition coefficient (Wildman–Crippen LogP) is 3.77. The van der Waals surface area contributed by atoms with Crippen molar-refractivity contribution in [2.24, 2.45) is 0 Å². The van der Waals surface area contributed by atoms with Gasteiger partial charge in [-0.3, -0.25) is 9.78 Å². The van der Waals surface area contributed by atoms with Crippen molar-refractivity contribution in [2.75, 3.05) is 12.4 Å². The number of rotatable bonds is 4. The van der Waals surface area contributed by atoms with Gasteiger partial charge in [0, 0.05) is 11.8 Å². The van der Waals surface area contributed by atoms with E-state index in [1.165, 1.54) is 25.3 Å². The van der Waals surface area contributed by atoms with Gasteiger partial charge in [-0.1, -0.05) is 12.1 Å². The Bertz CT molecular complexity index is 747. The molecule has 0 spiro atoms. The van der Waals surface area contributed by atoms with Crippen LogP contribution in [0.5, 0.6) is 5.75 Å². The third-order valence-electron chi connectivity index (χ3n) is 4.01. The van der Waals surface area contributed by atoms with Crippen molar-refractivity contribution >= 4 is 11.6 Å². The molecule has 0 saturated heterocycles. The van der Waals surface area contributed by atoms with Crippen LogP contribution in [0.3, 0.4) is 0 Å². The van der Waals surface area contributed by atoms with E-state index >= 15 is 0 Å². The van der Waals surface area contributed by atoms with Crippen molar-refractivity contribution < 1.29 is 18.3 Å². The number of aromatic nitrogens is 1. The van der Waals surface area contributed by atoms with Crippen LogP contribution in [0.4, 0.5) is 14.5 Å². The van der Waals surface area contributed by atoms with E-state index in [1.54, 1.807) is 12.4 Å². The lowest BCUT2D eigenvalue weighted by Gasteiger charge is -2.15. The molecule has 1 aromatic heterocycles. The van der Waals surface area contributed by atoms with Crippen LogP contribution in [0.2, 0.25) is 0 Å². The zero-order chi connectivity index (χ0) is 16.4. The molecular formula is C17H16F2N2O2. The van der Waals surface area contributed by atoms with Crippen LogP contribution in [-0.4, -0.2) is 18.0 Å². The van der Waals surface area contributed by atoms with E-state index in [0.29, 0.717) is 5.69 Å². The molecule has 120 valence electrons. The average Bonchev–Trinajstić information content (AvgIpc) is 3.03. The number of halogens is 2. The van der Waals surface area contributed by atoms with Gasteiger partial charge >= 0.3 is 0 Å². The monoisotopic (exact) mass is 318 g/mol. The maximum Gasteiger partial charge on any atom is 0.264 e. The number of alkyl halides is 2. The number of benzene rings is 1. The van der Waals surface area contributed by atoms with Gasteiger partial charge in [0.2, 0.25) is 0 Å². The standard InChI is InChI=1S/C17H16F2N2O2/c1-23-14-7-3-6-12(16(18)19)15(14)17(22)21-13-9-20-8-10-4-2-5-11(10)13/h3,6-9,16H,2,4-5H2,1H3,(H,21,22). The van der Waals surface area contributed by atoms with Gasteiger partial charge in [0.25, 0.3) is 12.3 Å². The Balaban J connectivity index is 1.97. The van der Waals surface area contributed by atoms with E-state index < -0.39 is 12.3 Å². The number of amides is 1. The summed E-state index contributed by atoms with van der Waals surface area (Å²) in [6.07, 6.45) is 3.35. The summed E-state index contributed by atoms with van der Waals surface area (Å²) in [7, 11) is 1.35. The maximum atomic E-state index is 13.2. The van der Waals surface area contributed by atoms with Crippen molar-refractivity contribution in [2.45, 2.75) is 25.7 Å². The molecular weight excluding hydrogens is 302 g/mol. The van der Waals surface area contributed by atoms with Gasteiger partial charge < -0.3 is 10.1 Å². The normalized spacial score (nSPS) is 13.0. The van der Waals surface area contributed by atoms with Crippen molar-refractivity contribution in [3.05, 3.63) is 52.8 Å². The van der Waals surface area contributed by atoms with Gasteiger partial charge in [0.1, 0.15) is 5.75 Å². The zero-order valence-electron chi connectivity index (χ0n) is 12.6. The van der Waals surface area contributed by atoms with E-state index in [2.05, 4.69) is 10.3 Å². The molecule has 1 aliphatic carbocycles.